The fourth-order valence-electron chi connectivity index (χ4n) is 5.57. The molecule has 1 aromatic carbocycles. The first-order chi connectivity index (χ1) is 20.5. The number of aryl methyl sites for hydroxylation is 1. The molecule has 5 rings (SSSR count). The molecule has 0 aliphatic carbocycles. The Morgan fingerprint density at radius 2 is 1.95 bits per heavy atom. The molecule has 0 unspecified atom stereocenters. The summed E-state index contributed by atoms with van der Waals surface area (Å²) in [5.74, 6) is 1.72. The Balaban J connectivity index is 1.20. The molecule has 42 heavy (non-hydrogen) atoms. The van der Waals surface area contributed by atoms with Crippen LogP contribution in [-0.2, 0) is 29.0 Å². The van der Waals surface area contributed by atoms with Gasteiger partial charge in [-0.15, -0.1) is 0 Å². The number of nitrogens with zero attached hydrogens (tertiary/aromatic N) is 4. The van der Waals surface area contributed by atoms with E-state index in [0.29, 0.717) is 11.7 Å². The van der Waals surface area contributed by atoms with Crippen LogP contribution in [0.3, 0.4) is 0 Å². The maximum absolute atomic E-state index is 12.3. The van der Waals surface area contributed by atoms with E-state index in [-0.39, 0.29) is 13.2 Å². The number of carboxylic acid groups (broad SMARTS) is 1. The van der Waals surface area contributed by atoms with E-state index in [1.807, 2.05) is 30.3 Å². The number of benzene rings is 1. The maximum Gasteiger partial charge on any atom is 0.408 e. The Labute approximate surface area is 246 Å². The average Bonchev–Trinajstić information content (AvgIpc) is 3.03. The molecule has 222 valence electrons. The molecule has 2 aliphatic rings. The van der Waals surface area contributed by atoms with Gasteiger partial charge in [-0.2, -0.15) is 0 Å². The molecule has 0 saturated carbocycles. The zero-order valence-corrected chi connectivity index (χ0v) is 24.0. The molecule has 0 bridgehead atoms. The number of alkyl carbamates (subject to hydrolysis) is 1. The van der Waals surface area contributed by atoms with E-state index in [1.54, 1.807) is 0 Å². The van der Waals surface area contributed by atoms with Gasteiger partial charge < -0.3 is 30.7 Å². The summed E-state index contributed by atoms with van der Waals surface area (Å²) in [7, 11) is 0. The molecule has 0 spiro atoms. The summed E-state index contributed by atoms with van der Waals surface area (Å²) in [5, 5.41) is 18.8. The monoisotopic (exact) mass is 573 g/mol. The Morgan fingerprint density at radius 1 is 1.14 bits per heavy atom. The van der Waals surface area contributed by atoms with Crippen LogP contribution in [0.5, 0.6) is 0 Å². The summed E-state index contributed by atoms with van der Waals surface area (Å²) in [6.45, 7) is 4.76. The van der Waals surface area contributed by atoms with Crippen molar-refractivity contribution in [3.8, 4) is 0 Å². The second-order valence-corrected chi connectivity index (χ2v) is 10.8. The van der Waals surface area contributed by atoms with E-state index < -0.39 is 18.1 Å². The molecule has 1 atom stereocenters. The smallest absolute Gasteiger partial charge is 0.408 e. The van der Waals surface area contributed by atoms with Gasteiger partial charge in [-0.1, -0.05) is 49.7 Å². The lowest BCUT2D eigenvalue weighted by molar-refractivity contribution is -0.139. The minimum Gasteiger partial charge on any atom is -0.480 e. The van der Waals surface area contributed by atoms with Crippen LogP contribution in [-0.4, -0.2) is 64.3 Å². The highest BCUT2D eigenvalue weighted by Crippen LogP contribution is 2.33. The van der Waals surface area contributed by atoms with Gasteiger partial charge in [0.05, 0.1) is 0 Å². The highest BCUT2D eigenvalue weighted by atomic mass is 16.5. The first-order valence-corrected chi connectivity index (χ1v) is 14.8. The third-order valence-corrected chi connectivity index (χ3v) is 7.83. The molecule has 1 amide bonds. The van der Waals surface area contributed by atoms with Crippen molar-refractivity contribution in [1.82, 2.24) is 20.3 Å². The van der Waals surface area contributed by atoms with E-state index >= 15 is 0 Å². The third kappa shape index (κ3) is 7.26. The van der Waals surface area contributed by atoms with Crippen LogP contribution in [0.1, 0.15) is 60.9 Å². The number of carbonyl (C=O) groups excluding carboxylic acids is 1. The molecule has 1 fully saturated rings. The number of aliphatic carboxylic acids is 1. The molecule has 3 aromatic rings. The number of aromatic nitrogens is 3. The maximum atomic E-state index is 12.3. The van der Waals surface area contributed by atoms with Crippen LogP contribution in [0.25, 0.3) is 0 Å². The van der Waals surface area contributed by atoms with E-state index in [1.165, 1.54) is 11.9 Å². The summed E-state index contributed by atoms with van der Waals surface area (Å²) in [6, 6.07) is 12.4. The standard InChI is InChI=1S/C31H39N7O4/c1-2-7-24-28(33-18-26(30(39)40)37-31(41)42-19-21-8-4-3-5-9-21)34-20-35-29(24)38-16-13-22(14-17-38)25-12-11-23-10-6-15-32-27(23)36-25/h3-5,8-9,11-12,20,22,26H,2,6-7,10,13-19H2,1H3,(H,32,36)(H,37,41)(H,39,40)(H,33,34,35)/t26-/m0/s1. The highest BCUT2D eigenvalue weighted by Gasteiger charge is 2.27. The molecule has 1 saturated heterocycles. The molecular weight excluding hydrogens is 534 g/mol. The molecule has 4 heterocycles. The Kier molecular flexibility index (Phi) is 9.68. The molecule has 11 nitrogen and oxygen atoms in total. The van der Waals surface area contributed by atoms with Crippen molar-refractivity contribution >= 4 is 29.5 Å². The van der Waals surface area contributed by atoms with Crippen molar-refractivity contribution < 1.29 is 19.4 Å². The van der Waals surface area contributed by atoms with E-state index in [0.717, 1.165) is 86.6 Å². The SMILES string of the molecule is CCCc1c(NC[C@H](NC(=O)OCc2ccccc2)C(=O)O)ncnc1N1CCC(c2ccc3c(n2)NCCC3)CC1. The number of hydrogen-bond donors (Lipinski definition) is 4. The fourth-order valence-corrected chi connectivity index (χ4v) is 5.57. The quantitative estimate of drug-likeness (QED) is 0.261. The number of nitrogens with one attached hydrogen (secondary N) is 3. The summed E-state index contributed by atoms with van der Waals surface area (Å²) < 4.78 is 5.21. The largest absolute Gasteiger partial charge is 0.480 e. The van der Waals surface area contributed by atoms with Crippen molar-refractivity contribution in [2.24, 2.45) is 0 Å². The van der Waals surface area contributed by atoms with Gasteiger partial charge in [0.1, 0.15) is 36.4 Å². The van der Waals surface area contributed by atoms with Crippen molar-refractivity contribution in [3.05, 3.63) is 71.2 Å². The Morgan fingerprint density at radius 3 is 2.71 bits per heavy atom. The number of rotatable bonds is 11. The lowest BCUT2D eigenvalue weighted by atomic mass is 9.92. The number of ether oxygens (including phenoxy) is 1. The molecule has 11 heteroatoms. The predicted octanol–water partition coefficient (Wildman–Crippen LogP) is 4.36. The molecule has 0 radical (unpaired) electrons. The van der Waals surface area contributed by atoms with Crippen LogP contribution in [0, 0.1) is 0 Å². The predicted molar refractivity (Wildman–Crippen MR) is 161 cm³/mol. The van der Waals surface area contributed by atoms with E-state index in [2.05, 4.69) is 49.9 Å². The first-order valence-electron chi connectivity index (χ1n) is 14.8. The highest BCUT2D eigenvalue weighted by molar-refractivity contribution is 5.80. The normalized spacial score (nSPS) is 15.7. The zero-order chi connectivity index (χ0) is 29.3. The molecular formula is C31H39N7O4. The van der Waals surface area contributed by atoms with Crippen LogP contribution in [0.15, 0.2) is 48.8 Å². The lowest BCUT2D eigenvalue weighted by Gasteiger charge is -2.34. The summed E-state index contributed by atoms with van der Waals surface area (Å²) in [6.07, 6.45) is 6.51. The van der Waals surface area contributed by atoms with Gasteiger partial charge in [0, 0.05) is 43.4 Å². The van der Waals surface area contributed by atoms with Crippen molar-refractivity contribution in [1.29, 1.82) is 0 Å². The number of amides is 1. The van der Waals surface area contributed by atoms with Crippen molar-refractivity contribution in [2.75, 3.05) is 41.7 Å². The summed E-state index contributed by atoms with van der Waals surface area (Å²) >= 11 is 0. The van der Waals surface area contributed by atoms with E-state index in [4.69, 9.17) is 9.72 Å². The zero-order valence-electron chi connectivity index (χ0n) is 24.0. The number of carbonyl (C=O) groups is 2. The summed E-state index contributed by atoms with van der Waals surface area (Å²) in [5.41, 5.74) is 4.22. The second-order valence-electron chi connectivity index (χ2n) is 10.8. The lowest BCUT2D eigenvalue weighted by Crippen LogP contribution is -2.45. The summed E-state index contributed by atoms with van der Waals surface area (Å²) in [4.78, 5) is 40.6. The number of hydrogen-bond acceptors (Lipinski definition) is 9. The second kappa shape index (κ2) is 14.0. The topological polar surface area (TPSA) is 142 Å². The number of fused-ring (bicyclic) bond motifs is 1. The molecule has 4 N–H and O–H groups in total. The van der Waals surface area contributed by atoms with E-state index in [9.17, 15) is 14.7 Å². The first kappa shape index (κ1) is 29.1. The minimum absolute atomic E-state index is 0.0525. The van der Waals surface area contributed by atoms with Crippen molar-refractivity contribution in [3.63, 3.8) is 0 Å². The van der Waals surface area contributed by atoms with Crippen LogP contribution < -0.4 is 20.9 Å². The average molecular weight is 574 g/mol. The Bertz CT molecular complexity index is 1360. The number of anilines is 3. The van der Waals surface area contributed by atoms with Gasteiger partial charge in [0.25, 0.3) is 0 Å². The van der Waals surface area contributed by atoms with Crippen LogP contribution >= 0.6 is 0 Å². The van der Waals surface area contributed by atoms with Gasteiger partial charge in [-0.05, 0) is 49.3 Å². The fraction of sp³-hybridized carbons (Fsp3) is 0.452. The minimum atomic E-state index is -1.20. The van der Waals surface area contributed by atoms with Gasteiger partial charge in [-0.3, -0.25) is 0 Å². The van der Waals surface area contributed by atoms with Gasteiger partial charge >= 0.3 is 12.1 Å². The number of carboxylic acids is 1. The van der Waals surface area contributed by atoms with Gasteiger partial charge in [0.15, 0.2) is 0 Å². The van der Waals surface area contributed by atoms with Gasteiger partial charge in [0.2, 0.25) is 0 Å². The number of piperidine rings is 1. The van der Waals surface area contributed by atoms with Crippen LogP contribution in [0.2, 0.25) is 0 Å². The number of pyridine rings is 1. The van der Waals surface area contributed by atoms with Crippen LogP contribution in [0.4, 0.5) is 22.2 Å². The third-order valence-electron chi connectivity index (χ3n) is 7.83. The Hall–Kier alpha value is -4.41. The molecule has 2 aliphatic heterocycles. The van der Waals surface area contributed by atoms with Crippen molar-refractivity contribution in [2.45, 2.75) is 64.0 Å². The molecule has 2 aromatic heterocycles. The van der Waals surface area contributed by atoms with Gasteiger partial charge in [-0.25, -0.2) is 24.5 Å².